The molecule has 0 unspecified atom stereocenters. The number of fused-ring (bicyclic) bond motifs is 5. The van der Waals surface area contributed by atoms with Crippen molar-refractivity contribution in [1.29, 1.82) is 0 Å². The quantitative estimate of drug-likeness (QED) is 0.232. The van der Waals surface area contributed by atoms with Gasteiger partial charge in [0.1, 0.15) is 0 Å². The van der Waals surface area contributed by atoms with Crippen molar-refractivity contribution >= 4 is 59.9 Å². The van der Waals surface area contributed by atoms with Crippen molar-refractivity contribution in [3.05, 3.63) is 126 Å². The maximum absolute atomic E-state index is 3.72. The highest BCUT2D eigenvalue weighted by Gasteiger charge is 2.19. The summed E-state index contributed by atoms with van der Waals surface area (Å²) in [6.07, 6.45) is 0. The van der Waals surface area contributed by atoms with Crippen LogP contribution in [0.15, 0.2) is 126 Å². The van der Waals surface area contributed by atoms with Crippen LogP contribution in [-0.4, -0.2) is 4.57 Å². The summed E-state index contributed by atoms with van der Waals surface area (Å²) in [5.41, 5.74) is 10.8. The molecule has 37 heavy (non-hydrogen) atoms. The Morgan fingerprint density at radius 3 is 2.24 bits per heavy atom. The summed E-state index contributed by atoms with van der Waals surface area (Å²) < 4.78 is 3.46. The Bertz CT molecular complexity index is 2020. The van der Waals surface area contributed by atoms with Crippen LogP contribution in [-0.2, 0) is 0 Å². The highest BCUT2D eigenvalue weighted by molar-refractivity contribution is 9.10. The molecule has 1 aliphatic heterocycles. The Morgan fingerprint density at radius 2 is 1.32 bits per heavy atom. The monoisotopic (exact) mass is 536 g/mol. The molecule has 1 aromatic heterocycles. The number of nitrogens with one attached hydrogen (secondary N) is 1. The summed E-state index contributed by atoms with van der Waals surface area (Å²) in [5, 5.41) is 8.77. The van der Waals surface area contributed by atoms with Gasteiger partial charge in [-0.05, 0) is 64.5 Å². The highest BCUT2D eigenvalue weighted by Crippen LogP contribution is 2.46. The Morgan fingerprint density at radius 1 is 0.541 bits per heavy atom. The fourth-order valence-electron chi connectivity index (χ4n) is 5.93. The van der Waals surface area contributed by atoms with E-state index in [1.807, 2.05) is 0 Å². The van der Waals surface area contributed by atoms with Gasteiger partial charge >= 0.3 is 0 Å². The largest absolute Gasteiger partial charge is 0.354 e. The van der Waals surface area contributed by atoms with Gasteiger partial charge in [-0.15, -0.1) is 0 Å². The lowest BCUT2D eigenvalue weighted by Gasteiger charge is -2.23. The molecule has 0 saturated carbocycles. The molecule has 7 aromatic rings. The molecule has 0 fully saturated rings. The number of halogens is 1. The average Bonchev–Trinajstić information content (AvgIpc) is 3.27. The fraction of sp³-hybridized carbons (Fsp3) is 0. The molecule has 0 atom stereocenters. The first kappa shape index (κ1) is 20.8. The average molecular weight is 537 g/mol. The standard InChI is InChI=1S/C34H21BrN2/c35-24-17-23-7-6-11-29-26-15-13-21(18-30(26)36-31(20-24)34(23)29)22-14-16-28-27-10-4-5-12-32(27)37(33(28)19-22)25-8-2-1-3-9-25/h1-20,36H. The normalized spacial score (nSPS) is 12.1. The summed E-state index contributed by atoms with van der Waals surface area (Å²) in [6.45, 7) is 0. The molecule has 0 bridgehead atoms. The van der Waals surface area contributed by atoms with Crippen LogP contribution in [0.5, 0.6) is 0 Å². The molecule has 0 saturated heterocycles. The maximum Gasteiger partial charge on any atom is 0.0547 e. The molecule has 6 aromatic carbocycles. The van der Waals surface area contributed by atoms with Gasteiger partial charge < -0.3 is 9.88 Å². The topological polar surface area (TPSA) is 17.0 Å². The predicted molar refractivity (Wildman–Crippen MR) is 160 cm³/mol. The smallest absolute Gasteiger partial charge is 0.0547 e. The van der Waals surface area contributed by atoms with E-state index < -0.39 is 0 Å². The molecule has 2 heterocycles. The maximum atomic E-state index is 3.72. The second-order valence-electron chi connectivity index (χ2n) is 9.66. The molecule has 0 aliphatic carbocycles. The molecular formula is C34H21BrN2. The van der Waals surface area contributed by atoms with Crippen molar-refractivity contribution in [3.63, 3.8) is 0 Å². The summed E-state index contributed by atoms with van der Waals surface area (Å²) in [6, 6.07) is 43.9. The Balaban J connectivity index is 1.33. The van der Waals surface area contributed by atoms with Crippen LogP contribution in [0.3, 0.4) is 0 Å². The third-order valence-corrected chi connectivity index (χ3v) is 8.00. The number of hydrogen-bond donors (Lipinski definition) is 1. The van der Waals surface area contributed by atoms with Gasteiger partial charge in [0.05, 0.1) is 11.0 Å². The first-order valence-electron chi connectivity index (χ1n) is 12.5. The van der Waals surface area contributed by atoms with E-state index in [9.17, 15) is 0 Å². The van der Waals surface area contributed by atoms with Gasteiger partial charge in [0, 0.05) is 43.3 Å². The predicted octanol–water partition coefficient (Wildman–Crippen LogP) is 10.1. The van der Waals surface area contributed by atoms with E-state index in [4.69, 9.17) is 0 Å². The van der Waals surface area contributed by atoms with E-state index in [-0.39, 0.29) is 0 Å². The molecule has 3 heteroatoms. The second-order valence-corrected chi connectivity index (χ2v) is 10.6. The summed E-state index contributed by atoms with van der Waals surface area (Å²) in [4.78, 5) is 0. The van der Waals surface area contributed by atoms with Crippen molar-refractivity contribution in [1.82, 2.24) is 4.57 Å². The molecule has 2 nitrogen and oxygen atoms in total. The lowest BCUT2D eigenvalue weighted by Crippen LogP contribution is -2.01. The summed E-state index contributed by atoms with van der Waals surface area (Å²) in [7, 11) is 0. The van der Waals surface area contributed by atoms with Crippen LogP contribution in [0.2, 0.25) is 0 Å². The van der Waals surface area contributed by atoms with Crippen LogP contribution in [0.25, 0.3) is 60.5 Å². The number of aromatic nitrogens is 1. The SMILES string of the molecule is Brc1cc2c3c(cccc3c1)-c1ccc(-c3ccc4c5ccccc5n(-c5ccccc5)c4c3)cc1N2. The van der Waals surface area contributed by atoms with Gasteiger partial charge in [0.25, 0.3) is 0 Å². The van der Waals surface area contributed by atoms with Gasteiger partial charge in [0.15, 0.2) is 0 Å². The minimum absolute atomic E-state index is 1.08. The van der Waals surface area contributed by atoms with Crippen LogP contribution in [0.4, 0.5) is 11.4 Å². The van der Waals surface area contributed by atoms with Gasteiger partial charge in [-0.3, -0.25) is 0 Å². The molecular weight excluding hydrogens is 516 g/mol. The van der Waals surface area contributed by atoms with Crippen molar-refractivity contribution in [2.75, 3.05) is 5.32 Å². The van der Waals surface area contributed by atoms with Gasteiger partial charge in [-0.2, -0.15) is 0 Å². The number of nitrogens with zero attached hydrogens (tertiary/aromatic N) is 1. The van der Waals surface area contributed by atoms with Gasteiger partial charge in [-0.25, -0.2) is 0 Å². The molecule has 1 N–H and O–H groups in total. The minimum Gasteiger partial charge on any atom is -0.354 e. The molecule has 0 amide bonds. The van der Waals surface area contributed by atoms with E-state index in [0.717, 1.165) is 15.8 Å². The number of para-hydroxylation sites is 2. The van der Waals surface area contributed by atoms with Crippen LogP contribution in [0, 0.1) is 0 Å². The van der Waals surface area contributed by atoms with E-state index in [1.54, 1.807) is 0 Å². The minimum atomic E-state index is 1.08. The van der Waals surface area contributed by atoms with Crippen molar-refractivity contribution < 1.29 is 0 Å². The number of anilines is 2. The van der Waals surface area contributed by atoms with Crippen molar-refractivity contribution in [3.8, 4) is 27.9 Å². The molecule has 8 rings (SSSR count). The lowest BCUT2D eigenvalue weighted by atomic mass is 9.91. The van der Waals surface area contributed by atoms with Crippen LogP contribution in [0.1, 0.15) is 0 Å². The third kappa shape index (κ3) is 3.11. The Kier molecular flexibility index (Phi) is 4.40. The van der Waals surface area contributed by atoms with Crippen LogP contribution < -0.4 is 5.32 Å². The Hall–Kier alpha value is -4.34. The van der Waals surface area contributed by atoms with E-state index in [1.165, 1.54) is 60.5 Å². The highest BCUT2D eigenvalue weighted by atomic mass is 79.9. The summed E-state index contributed by atoms with van der Waals surface area (Å²) in [5.74, 6) is 0. The van der Waals surface area contributed by atoms with E-state index in [2.05, 4.69) is 147 Å². The fourth-order valence-corrected chi connectivity index (χ4v) is 6.40. The third-order valence-electron chi connectivity index (χ3n) is 7.54. The zero-order valence-electron chi connectivity index (χ0n) is 19.9. The lowest BCUT2D eigenvalue weighted by molar-refractivity contribution is 1.18. The first-order chi connectivity index (χ1) is 18.2. The van der Waals surface area contributed by atoms with Gasteiger partial charge in [-0.1, -0.05) is 94.8 Å². The molecule has 0 radical (unpaired) electrons. The summed E-state index contributed by atoms with van der Waals surface area (Å²) >= 11 is 3.68. The number of benzene rings is 6. The van der Waals surface area contributed by atoms with Crippen LogP contribution >= 0.6 is 15.9 Å². The van der Waals surface area contributed by atoms with Crippen molar-refractivity contribution in [2.45, 2.75) is 0 Å². The molecule has 174 valence electrons. The Labute approximate surface area is 222 Å². The zero-order valence-corrected chi connectivity index (χ0v) is 21.5. The zero-order chi connectivity index (χ0) is 24.5. The molecule has 0 spiro atoms. The first-order valence-corrected chi connectivity index (χ1v) is 13.3. The van der Waals surface area contributed by atoms with Gasteiger partial charge in [0.2, 0.25) is 0 Å². The van der Waals surface area contributed by atoms with Crippen molar-refractivity contribution in [2.24, 2.45) is 0 Å². The number of rotatable bonds is 2. The number of hydrogen-bond acceptors (Lipinski definition) is 1. The second kappa shape index (κ2) is 7.83. The molecule has 1 aliphatic rings. The van der Waals surface area contributed by atoms with E-state index >= 15 is 0 Å². The van der Waals surface area contributed by atoms with E-state index in [0.29, 0.717) is 0 Å².